The fourth-order valence-electron chi connectivity index (χ4n) is 5.05. The van der Waals surface area contributed by atoms with Crippen LogP contribution >= 0.6 is 23.1 Å². The van der Waals surface area contributed by atoms with Crippen LogP contribution in [0.15, 0.2) is 29.4 Å². The van der Waals surface area contributed by atoms with E-state index in [0.29, 0.717) is 18.9 Å². The van der Waals surface area contributed by atoms with E-state index >= 15 is 0 Å². The van der Waals surface area contributed by atoms with Gasteiger partial charge in [-0.2, -0.15) is 0 Å². The van der Waals surface area contributed by atoms with E-state index in [2.05, 4.69) is 27.2 Å². The molecule has 0 bridgehead atoms. The minimum atomic E-state index is 0.152. The number of benzene rings is 1. The smallest absolute Gasteiger partial charge is 0.226 e. The number of nitrogens with zero attached hydrogens (tertiary/aromatic N) is 4. The first-order chi connectivity index (χ1) is 16.0. The van der Waals surface area contributed by atoms with Gasteiger partial charge in [-0.25, -0.2) is 9.97 Å². The summed E-state index contributed by atoms with van der Waals surface area (Å²) in [6.07, 6.45) is 4.83. The van der Waals surface area contributed by atoms with Gasteiger partial charge in [0.05, 0.1) is 11.9 Å². The van der Waals surface area contributed by atoms with Crippen molar-refractivity contribution in [1.29, 1.82) is 0 Å². The predicted molar refractivity (Wildman–Crippen MR) is 131 cm³/mol. The lowest BCUT2D eigenvalue weighted by atomic mass is 9.94. The minimum absolute atomic E-state index is 0.152. The van der Waals surface area contributed by atoms with Gasteiger partial charge in [-0.3, -0.25) is 9.59 Å². The highest BCUT2D eigenvalue weighted by atomic mass is 32.2. The Morgan fingerprint density at radius 2 is 2.03 bits per heavy atom. The van der Waals surface area contributed by atoms with E-state index in [1.807, 2.05) is 23.1 Å². The zero-order valence-electron chi connectivity index (χ0n) is 18.5. The van der Waals surface area contributed by atoms with E-state index in [0.717, 1.165) is 71.1 Å². The van der Waals surface area contributed by atoms with Crippen molar-refractivity contribution in [2.45, 2.75) is 37.1 Å². The van der Waals surface area contributed by atoms with Gasteiger partial charge in [0, 0.05) is 34.3 Å². The SMILES string of the molecule is CN1CCC(C(=O)N2CCc3c(sc4ncnc(Nc5ccc6c(c5)SC(=O)C6)c34)C2)CC1. The zero-order chi connectivity index (χ0) is 22.5. The van der Waals surface area contributed by atoms with E-state index in [9.17, 15) is 9.59 Å². The molecule has 1 N–H and O–H groups in total. The Kier molecular flexibility index (Phi) is 5.35. The lowest BCUT2D eigenvalue weighted by Crippen LogP contribution is -2.43. The molecule has 1 fully saturated rings. The molecular weight excluding hydrogens is 454 g/mol. The average Bonchev–Trinajstić information content (AvgIpc) is 3.38. The van der Waals surface area contributed by atoms with Crippen LogP contribution in [0.25, 0.3) is 10.2 Å². The number of likely N-dealkylation sites (tertiary alicyclic amines) is 1. The minimum Gasteiger partial charge on any atom is -0.340 e. The van der Waals surface area contributed by atoms with Crippen molar-refractivity contribution in [1.82, 2.24) is 19.8 Å². The molecule has 3 aromatic rings. The maximum Gasteiger partial charge on any atom is 0.226 e. The molecule has 0 spiro atoms. The second-order valence-electron chi connectivity index (χ2n) is 9.09. The molecule has 1 aromatic carbocycles. The second-order valence-corrected chi connectivity index (χ2v) is 11.3. The quantitative estimate of drug-likeness (QED) is 0.612. The fraction of sp³-hybridized carbons (Fsp3) is 0.417. The summed E-state index contributed by atoms with van der Waals surface area (Å²) in [7, 11) is 2.12. The summed E-state index contributed by atoms with van der Waals surface area (Å²) in [6, 6.07) is 6.05. The molecule has 2 aromatic heterocycles. The van der Waals surface area contributed by atoms with E-state index in [4.69, 9.17) is 0 Å². The van der Waals surface area contributed by atoms with Crippen molar-refractivity contribution in [2.75, 3.05) is 32.0 Å². The van der Waals surface area contributed by atoms with Crippen molar-refractivity contribution in [3.8, 4) is 0 Å². The molecule has 3 aliphatic heterocycles. The number of carbonyl (C=O) groups is 2. The Labute approximate surface area is 200 Å². The van der Waals surface area contributed by atoms with Crippen molar-refractivity contribution in [2.24, 2.45) is 5.92 Å². The number of thioether (sulfide) groups is 1. The maximum absolute atomic E-state index is 13.2. The topological polar surface area (TPSA) is 78.4 Å². The van der Waals surface area contributed by atoms with Crippen LogP contribution in [-0.4, -0.2) is 57.5 Å². The van der Waals surface area contributed by atoms with Crippen LogP contribution in [0.5, 0.6) is 0 Å². The molecule has 0 atom stereocenters. The number of nitrogens with one attached hydrogen (secondary N) is 1. The molecule has 1 amide bonds. The molecule has 3 aliphatic rings. The third kappa shape index (κ3) is 3.92. The van der Waals surface area contributed by atoms with E-state index < -0.39 is 0 Å². The summed E-state index contributed by atoms with van der Waals surface area (Å²) in [5.41, 5.74) is 3.27. The molecule has 5 heterocycles. The maximum atomic E-state index is 13.2. The molecule has 0 unspecified atom stereocenters. The number of rotatable bonds is 3. The highest BCUT2D eigenvalue weighted by molar-refractivity contribution is 8.14. The number of thiophene rings is 1. The molecule has 6 rings (SSSR count). The van der Waals surface area contributed by atoms with Gasteiger partial charge in [0.15, 0.2) is 5.12 Å². The monoisotopic (exact) mass is 479 g/mol. The summed E-state index contributed by atoms with van der Waals surface area (Å²) in [4.78, 5) is 41.5. The number of hydrogen-bond donors (Lipinski definition) is 1. The first-order valence-corrected chi connectivity index (χ1v) is 13.0. The number of fused-ring (bicyclic) bond motifs is 4. The first-order valence-electron chi connectivity index (χ1n) is 11.4. The van der Waals surface area contributed by atoms with Crippen molar-refractivity contribution in [3.63, 3.8) is 0 Å². The molecule has 0 aliphatic carbocycles. The third-order valence-corrected chi connectivity index (χ3v) is 9.00. The van der Waals surface area contributed by atoms with Crippen LogP contribution in [0, 0.1) is 5.92 Å². The Morgan fingerprint density at radius 1 is 1.18 bits per heavy atom. The number of anilines is 2. The Balaban J connectivity index is 1.25. The van der Waals surface area contributed by atoms with Gasteiger partial charge >= 0.3 is 0 Å². The normalized spacial score (nSPS) is 19.1. The fourth-order valence-corrected chi connectivity index (χ4v) is 7.18. The summed E-state index contributed by atoms with van der Waals surface area (Å²) in [5, 5.41) is 4.72. The van der Waals surface area contributed by atoms with Crippen molar-refractivity contribution in [3.05, 3.63) is 40.5 Å². The number of piperidine rings is 1. The largest absolute Gasteiger partial charge is 0.340 e. The van der Waals surface area contributed by atoms with Gasteiger partial charge in [0.1, 0.15) is 17.0 Å². The molecular formula is C24H25N5O2S2. The number of hydrogen-bond acceptors (Lipinski definition) is 8. The van der Waals surface area contributed by atoms with E-state index in [-0.39, 0.29) is 11.0 Å². The first kappa shape index (κ1) is 21.1. The number of aromatic nitrogens is 2. The van der Waals surface area contributed by atoms with Gasteiger partial charge in [-0.15, -0.1) is 11.3 Å². The Morgan fingerprint density at radius 3 is 2.88 bits per heavy atom. The molecule has 33 heavy (non-hydrogen) atoms. The molecule has 7 nitrogen and oxygen atoms in total. The van der Waals surface area contributed by atoms with Crippen LogP contribution < -0.4 is 5.32 Å². The van der Waals surface area contributed by atoms with Crippen LogP contribution in [0.2, 0.25) is 0 Å². The van der Waals surface area contributed by atoms with Gasteiger partial charge in [0.2, 0.25) is 5.91 Å². The van der Waals surface area contributed by atoms with E-state index in [1.165, 1.54) is 22.2 Å². The predicted octanol–water partition coefficient (Wildman–Crippen LogP) is 3.84. The highest BCUT2D eigenvalue weighted by Crippen LogP contribution is 2.40. The Hall–Kier alpha value is -2.49. The number of amides is 1. The molecule has 170 valence electrons. The summed E-state index contributed by atoms with van der Waals surface area (Å²) in [5.74, 6) is 1.25. The van der Waals surface area contributed by atoms with Crippen molar-refractivity contribution < 1.29 is 9.59 Å². The van der Waals surface area contributed by atoms with Gasteiger partial charge < -0.3 is 15.1 Å². The van der Waals surface area contributed by atoms with Gasteiger partial charge in [-0.05, 0) is 62.7 Å². The van der Waals surface area contributed by atoms with Crippen LogP contribution in [0.1, 0.15) is 28.8 Å². The van der Waals surface area contributed by atoms with Crippen LogP contribution in [-0.2, 0) is 29.0 Å². The summed E-state index contributed by atoms with van der Waals surface area (Å²) < 4.78 is 0. The highest BCUT2D eigenvalue weighted by Gasteiger charge is 2.31. The van der Waals surface area contributed by atoms with Crippen LogP contribution in [0.4, 0.5) is 11.5 Å². The Bertz CT molecular complexity index is 1270. The molecule has 9 heteroatoms. The lowest BCUT2D eigenvalue weighted by Gasteiger charge is -2.34. The van der Waals surface area contributed by atoms with Crippen LogP contribution in [0.3, 0.4) is 0 Å². The second kappa shape index (κ2) is 8.38. The average molecular weight is 480 g/mol. The van der Waals surface area contributed by atoms with Gasteiger partial charge in [-0.1, -0.05) is 17.8 Å². The lowest BCUT2D eigenvalue weighted by molar-refractivity contribution is -0.137. The van der Waals surface area contributed by atoms with Gasteiger partial charge in [0.25, 0.3) is 0 Å². The molecule has 0 saturated carbocycles. The summed E-state index contributed by atoms with van der Waals surface area (Å²) in [6.45, 7) is 3.41. The third-order valence-electron chi connectivity index (χ3n) is 6.90. The zero-order valence-corrected chi connectivity index (χ0v) is 20.1. The number of carbonyl (C=O) groups excluding carboxylic acids is 2. The standard InChI is InChI=1S/C24H25N5O2S2/c1-28-7-4-14(5-8-28)24(31)29-9-6-17-19(12-29)33-23-21(17)22(25-13-26-23)27-16-3-2-15-10-20(30)32-18(15)11-16/h2-3,11,13-14H,4-10,12H2,1H3,(H,25,26,27). The van der Waals surface area contributed by atoms with E-state index in [1.54, 1.807) is 17.7 Å². The summed E-state index contributed by atoms with van der Waals surface area (Å²) >= 11 is 2.98. The molecule has 1 saturated heterocycles. The molecule has 0 radical (unpaired) electrons. The van der Waals surface area contributed by atoms with Crippen molar-refractivity contribution >= 4 is 55.8 Å².